The Hall–Kier alpha value is -3.68. The molecule has 0 radical (unpaired) electrons. The highest BCUT2D eigenvalue weighted by Crippen LogP contribution is 2.61. The number of para-hydroxylation sites is 2. The van der Waals surface area contributed by atoms with E-state index in [1.54, 1.807) is 0 Å². The molecule has 0 saturated carbocycles. The number of benzene rings is 3. The van der Waals surface area contributed by atoms with E-state index in [4.69, 9.17) is 14.2 Å². The molecule has 3 aromatic rings. The molecule has 1 saturated heterocycles. The highest BCUT2D eigenvalue weighted by atomic mass is 16.8. The summed E-state index contributed by atoms with van der Waals surface area (Å²) < 4.78 is 17.9. The number of nitrogens with zero attached hydrogens (tertiary/aromatic N) is 1. The second-order valence-electron chi connectivity index (χ2n) is 8.47. The quantitative estimate of drug-likeness (QED) is 0.499. The molecule has 2 atom stereocenters. The van der Waals surface area contributed by atoms with E-state index in [1.165, 1.54) is 4.90 Å². The van der Waals surface area contributed by atoms with Gasteiger partial charge in [0.15, 0.2) is 5.60 Å². The molecular weight excluding hydrogens is 434 g/mol. The van der Waals surface area contributed by atoms with Gasteiger partial charge in [0, 0.05) is 5.56 Å². The van der Waals surface area contributed by atoms with E-state index < -0.39 is 30.1 Å². The topological polar surface area (TPSA) is 88.6 Å². The largest absolute Gasteiger partial charge is 0.480 e. The Balaban J connectivity index is 1.42. The molecule has 7 heteroatoms. The van der Waals surface area contributed by atoms with Crippen LogP contribution < -0.4 is 4.90 Å². The van der Waals surface area contributed by atoms with Gasteiger partial charge in [-0.05, 0) is 49.1 Å². The summed E-state index contributed by atoms with van der Waals surface area (Å²) >= 11 is 0. The number of carboxylic acid groups (broad SMARTS) is 1. The van der Waals surface area contributed by atoms with Gasteiger partial charge in [0.05, 0.1) is 11.4 Å². The van der Waals surface area contributed by atoms with Gasteiger partial charge in [-0.1, -0.05) is 60.7 Å². The number of fused-ring (bicyclic) bond motifs is 3. The Morgan fingerprint density at radius 2 is 1.53 bits per heavy atom. The first-order valence-electron chi connectivity index (χ1n) is 11.3. The van der Waals surface area contributed by atoms with Crippen LogP contribution in [0.15, 0.2) is 84.9 Å². The molecule has 2 unspecified atom stereocenters. The molecule has 34 heavy (non-hydrogen) atoms. The van der Waals surface area contributed by atoms with Crippen molar-refractivity contribution in [3.05, 3.63) is 96.1 Å². The second-order valence-corrected chi connectivity index (χ2v) is 8.47. The standard InChI is InChI=1S/C27H25NO6/c29-24(30)18-33-27-23-16-8-7-10-20(23)11-9-17-26(27,34-27)19-32-25(31)28(21-12-3-1-4-13-21)22-14-5-2-6-15-22/h1-8,10,12-16H,9,11,17-19H2,(H,29,30). The third-order valence-corrected chi connectivity index (χ3v) is 6.33. The lowest BCUT2D eigenvalue weighted by atomic mass is 9.93. The van der Waals surface area contributed by atoms with Crippen LogP contribution in [0.5, 0.6) is 0 Å². The maximum absolute atomic E-state index is 13.4. The highest BCUT2D eigenvalue weighted by molar-refractivity contribution is 5.95. The van der Waals surface area contributed by atoms with Gasteiger partial charge < -0.3 is 19.3 Å². The van der Waals surface area contributed by atoms with E-state index in [1.807, 2.05) is 84.9 Å². The van der Waals surface area contributed by atoms with Crippen LogP contribution in [-0.4, -0.2) is 36.0 Å². The predicted octanol–water partition coefficient (Wildman–Crippen LogP) is 5.02. The van der Waals surface area contributed by atoms with Crippen molar-refractivity contribution in [2.24, 2.45) is 0 Å². The van der Waals surface area contributed by atoms with E-state index in [0.29, 0.717) is 17.8 Å². The molecule has 1 aliphatic carbocycles. The van der Waals surface area contributed by atoms with Gasteiger partial charge in [-0.15, -0.1) is 0 Å². The number of carboxylic acids is 1. The van der Waals surface area contributed by atoms with Gasteiger partial charge in [-0.25, -0.2) is 14.5 Å². The van der Waals surface area contributed by atoms with Gasteiger partial charge in [0.1, 0.15) is 13.2 Å². The molecule has 0 bridgehead atoms. The third-order valence-electron chi connectivity index (χ3n) is 6.33. The monoisotopic (exact) mass is 459 g/mol. The fourth-order valence-electron chi connectivity index (χ4n) is 4.75. The summed E-state index contributed by atoms with van der Waals surface area (Å²) in [6.07, 6.45) is 1.64. The zero-order valence-electron chi connectivity index (χ0n) is 18.6. The first-order valence-corrected chi connectivity index (χ1v) is 11.3. The van der Waals surface area contributed by atoms with Crippen LogP contribution in [0.4, 0.5) is 16.2 Å². The van der Waals surface area contributed by atoms with Crippen LogP contribution in [0.2, 0.25) is 0 Å². The summed E-state index contributed by atoms with van der Waals surface area (Å²) in [5.74, 6) is -2.33. The molecule has 1 aliphatic heterocycles. The molecule has 0 spiro atoms. The van der Waals surface area contributed by atoms with Crippen molar-refractivity contribution >= 4 is 23.4 Å². The molecule has 7 nitrogen and oxygen atoms in total. The van der Waals surface area contributed by atoms with Crippen LogP contribution in [0.1, 0.15) is 24.0 Å². The highest BCUT2D eigenvalue weighted by Gasteiger charge is 2.74. The Kier molecular flexibility index (Phi) is 5.81. The number of carbonyl (C=O) groups is 2. The van der Waals surface area contributed by atoms with Crippen LogP contribution in [-0.2, 0) is 31.2 Å². The minimum atomic E-state index is -1.25. The summed E-state index contributed by atoms with van der Waals surface area (Å²) in [4.78, 5) is 26.2. The third kappa shape index (κ3) is 3.93. The van der Waals surface area contributed by atoms with Gasteiger partial charge in [0.25, 0.3) is 0 Å². The molecule has 5 rings (SSSR count). The van der Waals surface area contributed by atoms with Crippen molar-refractivity contribution in [1.82, 2.24) is 0 Å². The number of hydrogen-bond acceptors (Lipinski definition) is 5. The summed E-state index contributed by atoms with van der Waals surface area (Å²) in [6.45, 7) is -0.569. The average Bonchev–Trinajstić information content (AvgIpc) is 3.53. The first-order chi connectivity index (χ1) is 16.5. The van der Waals surface area contributed by atoms with Crippen molar-refractivity contribution < 1.29 is 28.9 Å². The number of amides is 1. The first kappa shape index (κ1) is 22.1. The summed E-state index contributed by atoms with van der Waals surface area (Å²) in [6, 6.07) is 26.2. The van der Waals surface area contributed by atoms with Crippen LogP contribution >= 0.6 is 0 Å². The fraction of sp³-hybridized carbons (Fsp3) is 0.259. The zero-order chi connectivity index (χ0) is 23.6. The van der Waals surface area contributed by atoms with Crippen molar-refractivity contribution in [2.45, 2.75) is 30.7 Å². The lowest BCUT2D eigenvalue weighted by Crippen LogP contribution is -2.36. The fourth-order valence-corrected chi connectivity index (χ4v) is 4.75. The molecule has 1 N–H and O–H groups in total. The van der Waals surface area contributed by atoms with E-state index in [2.05, 4.69) is 0 Å². The SMILES string of the molecule is O=C(O)COC12OC1(COC(=O)N(c1ccccc1)c1ccccc1)CCCc1ccccc12. The number of aryl methyl sites for hydroxylation is 1. The minimum absolute atomic E-state index is 0.0596. The summed E-state index contributed by atoms with van der Waals surface area (Å²) in [5.41, 5.74) is 2.26. The van der Waals surface area contributed by atoms with Crippen LogP contribution in [0.3, 0.4) is 0 Å². The van der Waals surface area contributed by atoms with Crippen molar-refractivity contribution in [3.8, 4) is 0 Å². The predicted molar refractivity (Wildman–Crippen MR) is 125 cm³/mol. The maximum Gasteiger partial charge on any atom is 0.419 e. The molecule has 2 aliphatic rings. The smallest absolute Gasteiger partial charge is 0.419 e. The summed E-state index contributed by atoms with van der Waals surface area (Å²) in [5, 5.41) is 9.25. The Morgan fingerprint density at radius 3 is 2.18 bits per heavy atom. The molecular formula is C27H25NO6. The number of carbonyl (C=O) groups excluding carboxylic acids is 1. The number of anilines is 2. The Labute approximate surface area is 197 Å². The van der Waals surface area contributed by atoms with Crippen molar-refractivity contribution in [1.29, 1.82) is 0 Å². The molecule has 1 fully saturated rings. The van der Waals surface area contributed by atoms with Crippen molar-refractivity contribution in [3.63, 3.8) is 0 Å². The van der Waals surface area contributed by atoms with Crippen LogP contribution in [0.25, 0.3) is 0 Å². The maximum atomic E-state index is 13.4. The van der Waals surface area contributed by atoms with E-state index in [-0.39, 0.29) is 6.61 Å². The molecule has 0 aromatic heterocycles. The Morgan fingerprint density at radius 1 is 0.912 bits per heavy atom. The number of epoxide rings is 1. The average molecular weight is 459 g/mol. The molecule has 1 amide bonds. The van der Waals surface area contributed by atoms with Gasteiger partial charge in [-0.3, -0.25) is 0 Å². The zero-order valence-corrected chi connectivity index (χ0v) is 18.6. The van der Waals surface area contributed by atoms with Gasteiger partial charge >= 0.3 is 12.1 Å². The number of hydrogen-bond donors (Lipinski definition) is 1. The molecule has 1 heterocycles. The molecule has 3 aromatic carbocycles. The molecule has 174 valence electrons. The van der Waals surface area contributed by atoms with Gasteiger partial charge in [0.2, 0.25) is 5.79 Å². The number of rotatable bonds is 7. The second kappa shape index (κ2) is 8.93. The Bertz CT molecular complexity index is 1140. The van der Waals surface area contributed by atoms with E-state index in [0.717, 1.165) is 24.0 Å². The van der Waals surface area contributed by atoms with E-state index >= 15 is 0 Å². The normalized spacial score (nSPS) is 22.6. The number of ether oxygens (including phenoxy) is 3. The van der Waals surface area contributed by atoms with E-state index in [9.17, 15) is 14.7 Å². The van der Waals surface area contributed by atoms with Gasteiger partial charge in [-0.2, -0.15) is 0 Å². The van der Waals surface area contributed by atoms with Crippen LogP contribution in [0, 0.1) is 0 Å². The minimum Gasteiger partial charge on any atom is -0.480 e. The van der Waals surface area contributed by atoms with Crippen molar-refractivity contribution in [2.75, 3.05) is 18.1 Å². The lowest BCUT2D eigenvalue weighted by molar-refractivity contribution is -0.150. The summed E-state index contributed by atoms with van der Waals surface area (Å²) in [7, 11) is 0. The number of aliphatic carboxylic acids is 1. The lowest BCUT2D eigenvalue weighted by Gasteiger charge is -2.24.